The molecule has 0 radical (unpaired) electrons. The first-order valence-corrected chi connectivity index (χ1v) is 8.58. The Morgan fingerprint density at radius 3 is 3.00 bits per heavy atom. The van der Waals surface area contributed by atoms with Crippen LogP contribution in [-0.4, -0.2) is 56.3 Å². The second-order valence-electron chi connectivity index (χ2n) is 4.90. The summed E-state index contributed by atoms with van der Waals surface area (Å²) in [4.78, 5) is 15.4. The maximum Gasteiger partial charge on any atom is 0.171 e. The van der Waals surface area contributed by atoms with Gasteiger partial charge in [0.05, 0.1) is 28.2 Å². The van der Waals surface area contributed by atoms with Gasteiger partial charge in [0.2, 0.25) is 0 Å². The number of nitrogens with two attached hydrogens (primary N) is 1. The van der Waals surface area contributed by atoms with E-state index in [1.54, 1.807) is 18.7 Å². The Hall–Kier alpha value is -0.760. The first kappa shape index (κ1) is 15.6. The zero-order chi connectivity index (χ0) is 14.7. The highest BCUT2D eigenvalue weighted by atomic mass is 32.2. The Labute approximate surface area is 127 Å². The lowest BCUT2D eigenvalue weighted by Crippen LogP contribution is -2.43. The van der Waals surface area contributed by atoms with Crippen LogP contribution in [0.25, 0.3) is 0 Å². The van der Waals surface area contributed by atoms with Gasteiger partial charge in [-0.2, -0.15) is 0 Å². The van der Waals surface area contributed by atoms with Crippen LogP contribution in [0.15, 0.2) is 4.90 Å². The summed E-state index contributed by atoms with van der Waals surface area (Å²) >= 11 is 3.00. The molecule has 1 saturated heterocycles. The van der Waals surface area contributed by atoms with Gasteiger partial charge in [-0.25, -0.2) is 0 Å². The number of nitrogen functional groups attached to an aromatic ring is 1. The summed E-state index contributed by atoms with van der Waals surface area (Å²) in [5.41, 5.74) is 6.63. The molecule has 112 valence electrons. The molecule has 3 N–H and O–H groups in total. The normalized spacial score (nSPS) is 20.1. The SMILES string of the molecule is CSc1c(NCC2CN(C)CCO2)sc(C(C)=O)c1N. The average molecular weight is 315 g/mol. The van der Waals surface area contributed by atoms with Crippen molar-refractivity contribution in [1.82, 2.24) is 4.90 Å². The van der Waals surface area contributed by atoms with E-state index in [4.69, 9.17) is 10.5 Å². The lowest BCUT2D eigenvalue weighted by molar-refractivity contribution is -0.0117. The fourth-order valence-electron chi connectivity index (χ4n) is 2.21. The number of carbonyl (C=O) groups is 1. The van der Waals surface area contributed by atoms with Gasteiger partial charge in [0.15, 0.2) is 5.78 Å². The summed E-state index contributed by atoms with van der Waals surface area (Å²) < 4.78 is 5.72. The third kappa shape index (κ3) is 3.46. The molecule has 2 rings (SSSR count). The van der Waals surface area contributed by atoms with E-state index in [-0.39, 0.29) is 11.9 Å². The first-order valence-electron chi connectivity index (χ1n) is 6.54. The van der Waals surface area contributed by atoms with Crippen molar-refractivity contribution in [3.05, 3.63) is 4.88 Å². The number of nitrogens with zero attached hydrogens (tertiary/aromatic N) is 1. The van der Waals surface area contributed by atoms with Crippen LogP contribution in [0.3, 0.4) is 0 Å². The molecule has 5 nitrogen and oxygen atoms in total. The van der Waals surface area contributed by atoms with Crippen molar-refractivity contribution < 1.29 is 9.53 Å². The molecule has 1 unspecified atom stereocenters. The maximum atomic E-state index is 11.6. The second-order valence-corrected chi connectivity index (χ2v) is 6.74. The van der Waals surface area contributed by atoms with Gasteiger partial charge in [0.1, 0.15) is 5.00 Å². The Balaban J connectivity index is 2.05. The van der Waals surface area contributed by atoms with E-state index in [2.05, 4.69) is 17.3 Å². The zero-order valence-electron chi connectivity index (χ0n) is 12.1. The second kappa shape index (κ2) is 6.80. The van der Waals surface area contributed by atoms with Crippen molar-refractivity contribution in [3.8, 4) is 0 Å². The van der Waals surface area contributed by atoms with Crippen LogP contribution in [-0.2, 0) is 4.74 Å². The number of ketones is 1. The lowest BCUT2D eigenvalue weighted by Gasteiger charge is -2.30. The number of anilines is 2. The number of ether oxygens (including phenoxy) is 1. The summed E-state index contributed by atoms with van der Waals surface area (Å²) in [5.74, 6) is 0.0181. The van der Waals surface area contributed by atoms with Crippen LogP contribution in [0, 0.1) is 0 Å². The molecule has 1 fully saturated rings. The summed E-state index contributed by atoms with van der Waals surface area (Å²) in [7, 11) is 2.10. The van der Waals surface area contributed by atoms with Crippen LogP contribution >= 0.6 is 23.1 Å². The van der Waals surface area contributed by atoms with Crippen LogP contribution in [0.4, 0.5) is 10.7 Å². The lowest BCUT2D eigenvalue weighted by atomic mass is 10.3. The first-order chi connectivity index (χ1) is 9.52. The molecule has 0 saturated carbocycles. The van der Waals surface area contributed by atoms with Crippen LogP contribution < -0.4 is 11.1 Å². The zero-order valence-corrected chi connectivity index (χ0v) is 13.7. The van der Waals surface area contributed by atoms with E-state index in [1.165, 1.54) is 11.3 Å². The number of rotatable bonds is 5. The van der Waals surface area contributed by atoms with E-state index in [1.807, 2.05) is 6.26 Å². The van der Waals surface area contributed by atoms with Gasteiger partial charge in [0, 0.05) is 26.6 Å². The van der Waals surface area contributed by atoms with Gasteiger partial charge in [-0.05, 0) is 13.3 Å². The highest BCUT2D eigenvalue weighted by molar-refractivity contribution is 7.99. The topological polar surface area (TPSA) is 67.6 Å². The molecule has 1 aliphatic heterocycles. The molecule has 1 atom stereocenters. The average Bonchev–Trinajstić information content (AvgIpc) is 2.73. The number of hydrogen-bond donors (Lipinski definition) is 2. The summed E-state index contributed by atoms with van der Waals surface area (Å²) in [6.07, 6.45) is 2.14. The van der Waals surface area contributed by atoms with E-state index in [9.17, 15) is 4.79 Å². The van der Waals surface area contributed by atoms with Crippen molar-refractivity contribution >= 4 is 39.6 Å². The minimum Gasteiger partial charge on any atom is -0.396 e. The molecule has 2 heterocycles. The van der Waals surface area contributed by atoms with E-state index in [0.717, 1.165) is 36.1 Å². The van der Waals surface area contributed by atoms with Gasteiger partial charge in [-0.3, -0.25) is 4.79 Å². The number of thioether (sulfide) groups is 1. The Morgan fingerprint density at radius 2 is 2.40 bits per heavy atom. The predicted octanol–water partition coefficient (Wildman–Crippen LogP) is 2.00. The van der Waals surface area contributed by atoms with Crippen molar-refractivity contribution in [2.75, 3.05) is 50.6 Å². The van der Waals surface area contributed by atoms with Gasteiger partial charge < -0.3 is 20.7 Å². The Morgan fingerprint density at radius 1 is 1.65 bits per heavy atom. The van der Waals surface area contributed by atoms with E-state index >= 15 is 0 Å². The van der Waals surface area contributed by atoms with Gasteiger partial charge in [-0.15, -0.1) is 23.1 Å². The van der Waals surface area contributed by atoms with Crippen molar-refractivity contribution in [2.45, 2.75) is 17.9 Å². The molecule has 20 heavy (non-hydrogen) atoms. The largest absolute Gasteiger partial charge is 0.396 e. The molecular formula is C13H21N3O2S2. The molecule has 1 aromatic heterocycles. The fraction of sp³-hybridized carbons (Fsp3) is 0.615. The number of Topliss-reactive ketones (excluding diaryl/α,β-unsaturated/α-hetero) is 1. The van der Waals surface area contributed by atoms with E-state index < -0.39 is 0 Å². The van der Waals surface area contributed by atoms with Gasteiger partial charge >= 0.3 is 0 Å². The number of carbonyl (C=O) groups excluding carboxylic acids is 1. The van der Waals surface area contributed by atoms with Crippen LogP contribution in [0.1, 0.15) is 16.6 Å². The quantitative estimate of drug-likeness (QED) is 0.640. The Bertz CT molecular complexity index is 490. The minimum absolute atomic E-state index is 0.0181. The predicted molar refractivity (Wildman–Crippen MR) is 86.2 cm³/mol. The van der Waals surface area contributed by atoms with E-state index in [0.29, 0.717) is 10.6 Å². The molecule has 0 spiro atoms. The highest BCUT2D eigenvalue weighted by Gasteiger charge is 2.21. The minimum atomic E-state index is 0.0181. The molecule has 0 aliphatic carbocycles. The standard InChI is InChI=1S/C13H21N3O2S2/c1-8(17)11-10(14)12(19-3)13(20-11)15-6-9-7-16(2)4-5-18-9/h9,15H,4-7,14H2,1-3H3. The molecular weight excluding hydrogens is 294 g/mol. The van der Waals surface area contributed by atoms with Crippen molar-refractivity contribution in [3.63, 3.8) is 0 Å². The van der Waals surface area contributed by atoms with Gasteiger partial charge in [-0.1, -0.05) is 0 Å². The molecule has 0 aromatic carbocycles. The third-order valence-electron chi connectivity index (χ3n) is 3.26. The maximum absolute atomic E-state index is 11.6. The number of morpholine rings is 1. The summed E-state index contributed by atoms with van der Waals surface area (Å²) in [5, 5.41) is 4.35. The molecule has 7 heteroatoms. The third-order valence-corrected chi connectivity index (χ3v) is 5.48. The molecule has 1 aromatic rings. The Kier molecular flexibility index (Phi) is 5.31. The van der Waals surface area contributed by atoms with Crippen LogP contribution in [0.2, 0.25) is 0 Å². The number of thiophene rings is 1. The summed E-state index contributed by atoms with van der Waals surface area (Å²) in [6, 6.07) is 0. The van der Waals surface area contributed by atoms with Crippen molar-refractivity contribution in [2.24, 2.45) is 0 Å². The number of hydrogen-bond acceptors (Lipinski definition) is 7. The monoisotopic (exact) mass is 315 g/mol. The number of likely N-dealkylation sites (N-methyl/N-ethyl adjacent to an activating group) is 1. The molecule has 1 aliphatic rings. The smallest absolute Gasteiger partial charge is 0.171 e. The summed E-state index contributed by atoms with van der Waals surface area (Å²) in [6.45, 7) is 4.95. The molecule has 0 amide bonds. The number of nitrogens with one attached hydrogen (secondary N) is 1. The molecule has 0 bridgehead atoms. The van der Waals surface area contributed by atoms with Crippen LogP contribution in [0.5, 0.6) is 0 Å². The van der Waals surface area contributed by atoms with Gasteiger partial charge in [0.25, 0.3) is 0 Å². The fourth-order valence-corrected chi connectivity index (χ4v) is 4.14. The highest BCUT2D eigenvalue weighted by Crippen LogP contribution is 2.41. The van der Waals surface area contributed by atoms with Crippen molar-refractivity contribution in [1.29, 1.82) is 0 Å².